The minimum Gasteiger partial charge on any atom is -0.373 e. The van der Waals surface area contributed by atoms with E-state index in [0.29, 0.717) is 0 Å². The maximum atomic E-state index is 6.02. The zero-order valence-electron chi connectivity index (χ0n) is 11.6. The quantitative estimate of drug-likeness (QED) is 0.561. The summed E-state index contributed by atoms with van der Waals surface area (Å²) >= 11 is 2.28. The molecule has 18 heavy (non-hydrogen) atoms. The lowest BCUT2D eigenvalue weighted by atomic mass is 10.4. The lowest BCUT2D eigenvalue weighted by molar-refractivity contribution is 0.0456. The van der Waals surface area contributed by atoms with Crippen molar-refractivity contribution in [1.29, 1.82) is 0 Å². The summed E-state index contributed by atoms with van der Waals surface area (Å²) in [6.07, 6.45) is 0.129. The van der Waals surface area contributed by atoms with Crippen LogP contribution in [-0.2, 0) is 13.3 Å². The Hall–Kier alpha value is 0.0469. The van der Waals surface area contributed by atoms with Crippen LogP contribution in [-0.4, -0.2) is 28.1 Å². The molecule has 0 saturated carbocycles. The molecule has 0 bridgehead atoms. The van der Waals surface area contributed by atoms with Gasteiger partial charge in [0, 0.05) is 28.1 Å². The van der Waals surface area contributed by atoms with Gasteiger partial charge in [-0.1, -0.05) is 12.1 Å². The third-order valence-electron chi connectivity index (χ3n) is 2.25. The van der Waals surface area contributed by atoms with Crippen molar-refractivity contribution in [2.45, 2.75) is 39.9 Å². The van der Waals surface area contributed by atoms with Gasteiger partial charge in [-0.05, 0) is 62.4 Å². The van der Waals surface area contributed by atoms with Crippen LogP contribution >= 0.6 is 22.6 Å². The van der Waals surface area contributed by atoms with E-state index in [9.17, 15) is 0 Å². The monoisotopic (exact) mass is 380 g/mol. The number of halogens is 1. The van der Waals surface area contributed by atoms with Crippen LogP contribution in [0, 0.1) is 3.57 Å². The van der Waals surface area contributed by atoms with Crippen molar-refractivity contribution in [2.24, 2.45) is 0 Å². The number of hydrogen-bond donors (Lipinski definition) is 0. The lowest BCUT2D eigenvalue weighted by Gasteiger charge is -2.31. The summed E-state index contributed by atoms with van der Waals surface area (Å²) in [7, 11) is -1.14. The van der Waals surface area contributed by atoms with Gasteiger partial charge in [-0.3, -0.25) is 0 Å². The first-order valence-electron chi connectivity index (χ1n) is 6.06. The van der Waals surface area contributed by atoms with Crippen molar-refractivity contribution in [2.75, 3.05) is 7.11 Å². The van der Waals surface area contributed by atoms with E-state index < -0.39 is 8.80 Å². The summed E-state index contributed by atoms with van der Waals surface area (Å²) < 4.78 is 18.9. The predicted octanol–water partition coefficient (Wildman–Crippen LogP) is 2.93. The van der Waals surface area contributed by atoms with Crippen LogP contribution in [0.25, 0.3) is 0 Å². The van der Waals surface area contributed by atoms with Gasteiger partial charge >= 0.3 is 8.80 Å². The summed E-state index contributed by atoms with van der Waals surface area (Å²) in [5.41, 5.74) is 0. The Kier molecular flexibility index (Phi) is 6.26. The number of benzene rings is 1. The maximum Gasteiger partial charge on any atom is 0.537 e. The molecule has 0 radical (unpaired) electrons. The van der Waals surface area contributed by atoms with Crippen LogP contribution < -0.4 is 5.19 Å². The highest BCUT2D eigenvalue weighted by molar-refractivity contribution is 14.1. The van der Waals surface area contributed by atoms with Gasteiger partial charge in [-0.2, -0.15) is 0 Å². The Morgan fingerprint density at radius 1 is 0.944 bits per heavy atom. The van der Waals surface area contributed by atoms with Gasteiger partial charge in [-0.25, -0.2) is 0 Å². The van der Waals surface area contributed by atoms with E-state index in [-0.39, 0.29) is 12.2 Å². The van der Waals surface area contributed by atoms with Crippen molar-refractivity contribution < 1.29 is 13.3 Å². The summed E-state index contributed by atoms with van der Waals surface area (Å²) in [6.45, 7) is 7.99. The van der Waals surface area contributed by atoms with E-state index in [2.05, 4.69) is 22.6 Å². The second kappa shape index (κ2) is 7.00. The molecule has 1 aromatic carbocycles. The molecule has 1 rings (SSSR count). The molecule has 0 amide bonds. The van der Waals surface area contributed by atoms with Gasteiger partial charge in [0.1, 0.15) is 0 Å². The van der Waals surface area contributed by atoms with Crippen LogP contribution in [0.2, 0.25) is 0 Å². The van der Waals surface area contributed by atoms with Crippen LogP contribution in [0.15, 0.2) is 24.3 Å². The van der Waals surface area contributed by atoms with E-state index >= 15 is 0 Å². The average molecular weight is 380 g/mol. The van der Waals surface area contributed by atoms with Gasteiger partial charge in [0.05, 0.1) is 0 Å². The summed E-state index contributed by atoms with van der Waals surface area (Å²) in [4.78, 5) is 0. The molecule has 0 spiro atoms. The van der Waals surface area contributed by atoms with E-state index in [0.717, 1.165) is 5.19 Å². The first-order valence-corrected chi connectivity index (χ1v) is 8.87. The highest BCUT2D eigenvalue weighted by Crippen LogP contribution is 2.15. The smallest absolute Gasteiger partial charge is 0.373 e. The largest absolute Gasteiger partial charge is 0.537 e. The molecule has 0 fully saturated rings. The highest BCUT2D eigenvalue weighted by Gasteiger charge is 2.44. The molecule has 0 aliphatic heterocycles. The minimum atomic E-state index is -2.80. The molecule has 0 unspecified atom stereocenters. The standard InChI is InChI=1S/C13H21IO3Si/c1-10(2)16-18(15-5,17-11(3)4)13-8-6-12(14)7-9-13/h6-11H,1-5H3. The molecular formula is C13H21IO3Si. The maximum absolute atomic E-state index is 6.02. The molecule has 102 valence electrons. The van der Waals surface area contributed by atoms with Gasteiger partial charge in [0.25, 0.3) is 0 Å². The molecule has 3 nitrogen and oxygen atoms in total. The molecule has 0 N–H and O–H groups in total. The Bertz CT molecular complexity index is 355. The second-order valence-electron chi connectivity index (χ2n) is 4.60. The number of rotatable bonds is 6. The molecule has 5 heteroatoms. The molecule has 0 aromatic heterocycles. The molecule has 0 aliphatic carbocycles. The topological polar surface area (TPSA) is 27.7 Å². The summed E-state index contributed by atoms with van der Waals surface area (Å²) in [5, 5.41) is 1.01. The molecule has 0 aliphatic rings. The fourth-order valence-electron chi connectivity index (χ4n) is 1.65. The van der Waals surface area contributed by atoms with E-state index in [4.69, 9.17) is 13.3 Å². The van der Waals surface area contributed by atoms with Crippen molar-refractivity contribution in [3.05, 3.63) is 27.8 Å². The Labute approximate surface area is 124 Å². The zero-order chi connectivity index (χ0) is 13.8. The van der Waals surface area contributed by atoms with Gasteiger partial charge in [0.2, 0.25) is 0 Å². The minimum absolute atomic E-state index is 0.0645. The summed E-state index contributed by atoms with van der Waals surface area (Å²) in [6, 6.07) is 8.15. The predicted molar refractivity (Wildman–Crippen MR) is 84.0 cm³/mol. The first kappa shape index (κ1) is 16.1. The van der Waals surface area contributed by atoms with Crippen LogP contribution in [0.1, 0.15) is 27.7 Å². The fourth-order valence-corrected chi connectivity index (χ4v) is 4.58. The Morgan fingerprint density at radius 3 is 1.72 bits per heavy atom. The normalized spacial score (nSPS) is 12.4. The lowest BCUT2D eigenvalue weighted by Crippen LogP contribution is -2.58. The van der Waals surface area contributed by atoms with Crippen molar-refractivity contribution in [3.63, 3.8) is 0 Å². The van der Waals surface area contributed by atoms with Gasteiger partial charge < -0.3 is 13.3 Å². The molecule has 0 atom stereocenters. The molecule has 0 heterocycles. The molecular weight excluding hydrogens is 359 g/mol. The van der Waals surface area contributed by atoms with Crippen LogP contribution in [0.5, 0.6) is 0 Å². The third-order valence-corrected chi connectivity index (χ3v) is 6.11. The zero-order valence-corrected chi connectivity index (χ0v) is 14.7. The Morgan fingerprint density at radius 2 is 1.39 bits per heavy atom. The second-order valence-corrected chi connectivity index (χ2v) is 8.42. The van der Waals surface area contributed by atoms with Crippen molar-refractivity contribution >= 4 is 36.6 Å². The average Bonchev–Trinajstić information content (AvgIpc) is 2.27. The summed E-state index contributed by atoms with van der Waals surface area (Å²) in [5.74, 6) is 0. The van der Waals surface area contributed by atoms with E-state index in [1.807, 2.05) is 52.0 Å². The third kappa shape index (κ3) is 4.31. The first-order chi connectivity index (χ1) is 8.39. The number of hydrogen-bond acceptors (Lipinski definition) is 3. The van der Waals surface area contributed by atoms with Crippen LogP contribution in [0.3, 0.4) is 0 Å². The fraction of sp³-hybridized carbons (Fsp3) is 0.538. The van der Waals surface area contributed by atoms with Gasteiger partial charge in [-0.15, -0.1) is 0 Å². The van der Waals surface area contributed by atoms with E-state index in [1.54, 1.807) is 7.11 Å². The molecule has 0 saturated heterocycles. The highest BCUT2D eigenvalue weighted by atomic mass is 127. The Balaban J connectivity index is 3.11. The van der Waals surface area contributed by atoms with Crippen molar-refractivity contribution in [1.82, 2.24) is 0 Å². The van der Waals surface area contributed by atoms with Crippen molar-refractivity contribution in [3.8, 4) is 0 Å². The molecule has 1 aromatic rings. The SMILES string of the molecule is CO[Si](OC(C)C)(OC(C)C)c1ccc(I)cc1. The van der Waals surface area contributed by atoms with E-state index in [1.165, 1.54) is 3.57 Å². The van der Waals surface area contributed by atoms with Gasteiger partial charge in [0.15, 0.2) is 0 Å². The van der Waals surface area contributed by atoms with Crippen LogP contribution in [0.4, 0.5) is 0 Å².